The number of amides is 1. The Labute approximate surface area is 134 Å². The van der Waals surface area contributed by atoms with Crippen LogP contribution in [0.25, 0.3) is 6.08 Å². The van der Waals surface area contributed by atoms with Crippen LogP contribution in [0.15, 0.2) is 33.6 Å². The van der Waals surface area contributed by atoms with Crippen LogP contribution in [0, 0.1) is 0 Å². The minimum Gasteiger partial charge on any atom is -0.480 e. The molecule has 1 aromatic carbocycles. The fourth-order valence-electron chi connectivity index (χ4n) is 1.67. The third-order valence-corrected chi connectivity index (χ3v) is 4.54. The number of aliphatic carboxylic acids is 1. The van der Waals surface area contributed by atoms with Gasteiger partial charge < -0.3 is 5.11 Å². The maximum absolute atomic E-state index is 12.2. The number of carboxylic acids is 1. The number of carbonyl (C=O) groups excluding carboxylic acids is 1. The van der Waals surface area contributed by atoms with Crippen LogP contribution in [0.3, 0.4) is 0 Å². The van der Waals surface area contributed by atoms with Crippen LogP contribution in [-0.4, -0.2) is 32.2 Å². The molecule has 1 fully saturated rings. The van der Waals surface area contributed by atoms with Gasteiger partial charge in [0.25, 0.3) is 5.91 Å². The molecule has 1 aromatic rings. The monoisotopic (exact) mass is 371 g/mol. The van der Waals surface area contributed by atoms with Gasteiger partial charge in [-0.3, -0.25) is 9.69 Å². The summed E-state index contributed by atoms with van der Waals surface area (Å²) in [5, 5.41) is 9.00. The van der Waals surface area contributed by atoms with Crippen molar-refractivity contribution in [1.29, 1.82) is 0 Å². The molecule has 0 unspecified atom stereocenters. The molecular weight excluding hydrogens is 362 g/mol. The Balaban J connectivity index is 2.30. The lowest BCUT2D eigenvalue weighted by atomic mass is 10.2. The van der Waals surface area contributed by atoms with Crippen molar-refractivity contribution >= 4 is 62.2 Å². The number of rotatable bonds is 3. The van der Waals surface area contributed by atoms with Gasteiger partial charge in [-0.1, -0.05) is 52.0 Å². The summed E-state index contributed by atoms with van der Waals surface area (Å²) in [5.41, 5.74) is 0.850. The maximum Gasteiger partial charge on any atom is 0.326 e. The second kappa shape index (κ2) is 6.07. The van der Waals surface area contributed by atoms with Crippen molar-refractivity contribution in [3.05, 3.63) is 39.2 Å². The van der Waals surface area contributed by atoms with E-state index in [0.29, 0.717) is 4.91 Å². The first kappa shape index (κ1) is 15.2. The molecular formula is C13H10BrNO3S2. The van der Waals surface area contributed by atoms with Crippen LogP contribution < -0.4 is 0 Å². The molecule has 104 valence electrons. The fraction of sp³-hybridized carbons (Fsp3) is 0.154. The minimum atomic E-state index is -1.08. The van der Waals surface area contributed by atoms with Crippen molar-refractivity contribution in [3.63, 3.8) is 0 Å². The molecule has 4 nitrogen and oxygen atoms in total. The van der Waals surface area contributed by atoms with Crippen LogP contribution in [-0.2, 0) is 9.59 Å². The summed E-state index contributed by atoms with van der Waals surface area (Å²) in [6.45, 7) is 1.44. The van der Waals surface area contributed by atoms with Crippen molar-refractivity contribution < 1.29 is 14.7 Å². The quantitative estimate of drug-likeness (QED) is 0.653. The normalized spacial score (nSPS) is 18.7. The zero-order valence-corrected chi connectivity index (χ0v) is 13.6. The summed E-state index contributed by atoms with van der Waals surface area (Å²) in [7, 11) is 0. The first-order chi connectivity index (χ1) is 9.40. The predicted octanol–water partition coefficient (Wildman–Crippen LogP) is 3.12. The highest BCUT2D eigenvalue weighted by atomic mass is 79.9. The molecule has 1 aliphatic rings. The highest BCUT2D eigenvalue weighted by Crippen LogP contribution is 2.34. The second-order valence-corrected chi connectivity index (χ2v) is 6.71. The Morgan fingerprint density at radius 1 is 1.55 bits per heavy atom. The molecule has 1 amide bonds. The van der Waals surface area contributed by atoms with Crippen LogP contribution in [0.4, 0.5) is 0 Å². The van der Waals surface area contributed by atoms with Crippen molar-refractivity contribution in [2.75, 3.05) is 0 Å². The van der Waals surface area contributed by atoms with Gasteiger partial charge in [0.2, 0.25) is 0 Å². The summed E-state index contributed by atoms with van der Waals surface area (Å²) in [6.07, 6.45) is 1.71. The Hall–Kier alpha value is -1.18. The van der Waals surface area contributed by atoms with E-state index < -0.39 is 12.0 Å². The van der Waals surface area contributed by atoms with Gasteiger partial charge >= 0.3 is 5.97 Å². The molecule has 1 aliphatic heterocycles. The van der Waals surface area contributed by atoms with Gasteiger partial charge in [0.15, 0.2) is 0 Å². The van der Waals surface area contributed by atoms with Gasteiger partial charge in [-0.25, -0.2) is 4.79 Å². The molecule has 0 aromatic heterocycles. The van der Waals surface area contributed by atoms with E-state index >= 15 is 0 Å². The molecule has 7 heteroatoms. The van der Waals surface area contributed by atoms with Crippen molar-refractivity contribution in [2.45, 2.75) is 13.0 Å². The maximum atomic E-state index is 12.2. The van der Waals surface area contributed by atoms with Crippen LogP contribution >= 0.6 is 39.9 Å². The number of benzene rings is 1. The molecule has 20 heavy (non-hydrogen) atoms. The van der Waals surface area contributed by atoms with Gasteiger partial charge in [-0.05, 0) is 30.7 Å². The minimum absolute atomic E-state index is 0.270. The van der Waals surface area contributed by atoms with Crippen molar-refractivity contribution in [1.82, 2.24) is 4.90 Å². The number of carboxylic acid groups (broad SMARTS) is 1. The molecule has 0 aliphatic carbocycles. The third kappa shape index (κ3) is 3.11. The largest absolute Gasteiger partial charge is 0.480 e. The first-order valence-corrected chi connectivity index (χ1v) is 7.67. The van der Waals surface area contributed by atoms with E-state index in [-0.39, 0.29) is 10.2 Å². The molecule has 0 saturated carbocycles. The van der Waals surface area contributed by atoms with Gasteiger partial charge in [0.05, 0.1) is 4.91 Å². The van der Waals surface area contributed by atoms with Gasteiger partial charge in [0.1, 0.15) is 10.4 Å². The molecule has 1 saturated heterocycles. The summed E-state index contributed by atoms with van der Waals surface area (Å²) in [4.78, 5) is 24.8. The van der Waals surface area contributed by atoms with Crippen LogP contribution in [0.1, 0.15) is 12.5 Å². The third-order valence-electron chi connectivity index (χ3n) is 2.71. The van der Waals surface area contributed by atoms with E-state index in [0.717, 1.165) is 26.7 Å². The average molecular weight is 372 g/mol. The fourth-order valence-corrected chi connectivity index (χ4v) is 3.51. The second-order valence-electron chi connectivity index (χ2n) is 4.12. The Kier molecular flexibility index (Phi) is 4.62. The first-order valence-electron chi connectivity index (χ1n) is 5.65. The molecule has 1 heterocycles. The number of hydrogen-bond acceptors (Lipinski definition) is 4. The summed E-state index contributed by atoms with van der Waals surface area (Å²) in [6, 6.07) is 6.51. The zero-order chi connectivity index (χ0) is 14.9. The van der Waals surface area contributed by atoms with Crippen molar-refractivity contribution in [2.24, 2.45) is 0 Å². The highest BCUT2D eigenvalue weighted by Gasteiger charge is 2.38. The summed E-state index contributed by atoms with van der Waals surface area (Å²) in [5.74, 6) is -1.44. The molecule has 2 rings (SSSR count). The van der Waals surface area contributed by atoms with Crippen LogP contribution in [0.5, 0.6) is 0 Å². The van der Waals surface area contributed by atoms with Gasteiger partial charge in [-0.2, -0.15) is 0 Å². The van der Waals surface area contributed by atoms with E-state index in [1.165, 1.54) is 6.92 Å². The standard InChI is InChI=1S/C13H10BrNO3S2/c1-7(12(17)18)15-11(16)10(20-13(15)19)6-8-3-2-4-9(14)5-8/h2-7H,1H3,(H,17,18)/t7-/m0/s1. The predicted molar refractivity (Wildman–Crippen MR) is 86.3 cm³/mol. The molecule has 0 spiro atoms. The average Bonchev–Trinajstić information content (AvgIpc) is 2.63. The Bertz CT molecular complexity index is 630. The number of hydrogen-bond donors (Lipinski definition) is 1. The highest BCUT2D eigenvalue weighted by molar-refractivity contribution is 9.10. The number of thioether (sulfide) groups is 1. The Morgan fingerprint density at radius 2 is 2.25 bits per heavy atom. The van der Waals surface area contributed by atoms with Gasteiger partial charge in [0, 0.05) is 4.47 Å². The van der Waals surface area contributed by atoms with E-state index in [1.54, 1.807) is 6.08 Å². The Morgan fingerprint density at radius 3 is 2.85 bits per heavy atom. The number of carbonyl (C=O) groups is 2. The van der Waals surface area contributed by atoms with Gasteiger partial charge in [-0.15, -0.1) is 0 Å². The molecule has 1 atom stereocenters. The van der Waals surface area contributed by atoms with E-state index in [2.05, 4.69) is 15.9 Å². The number of halogens is 1. The topological polar surface area (TPSA) is 57.6 Å². The molecule has 1 N–H and O–H groups in total. The lowest BCUT2D eigenvalue weighted by Crippen LogP contribution is -2.41. The van der Waals surface area contributed by atoms with E-state index in [9.17, 15) is 9.59 Å². The zero-order valence-electron chi connectivity index (χ0n) is 10.4. The van der Waals surface area contributed by atoms with E-state index in [4.69, 9.17) is 17.3 Å². The number of thiocarbonyl (C=S) groups is 1. The smallest absolute Gasteiger partial charge is 0.326 e. The van der Waals surface area contributed by atoms with E-state index in [1.807, 2.05) is 24.3 Å². The van der Waals surface area contributed by atoms with Crippen LogP contribution in [0.2, 0.25) is 0 Å². The number of nitrogens with zero attached hydrogens (tertiary/aromatic N) is 1. The van der Waals surface area contributed by atoms with Crippen molar-refractivity contribution in [3.8, 4) is 0 Å². The SMILES string of the molecule is C[C@@H](C(=O)O)N1C(=O)C(=Cc2cccc(Br)c2)SC1=S. The summed E-state index contributed by atoms with van der Waals surface area (Å²) >= 11 is 9.56. The lowest BCUT2D eigenvalue weighted by Gasteiger charge is -2.18. The summed E-state index contributed by atoms with van der Waals surface area (Å²) < 4.78 is 1.17. The molecule has 0 bridgehead atoms. The lowest BCUT2D eigenvalue weighted by molar-refractivity contribution is -0.144. The molecule has 0 radical (unpaired) electrons.